The zero-order valence-electron chi connectivity index (χ0n) is 12.1. The van der Waals surface area contributed by atoms with Crippen molar-refractivity contribution in [1.29, 1.82) is 0 Å². The fraction of sp³-hybridized carbons (Fsp3) is 0.647. The Labute approximate surface area is 121 Å². The molecule has 0 aromatic heterocycles. The molecule has 0 radical (unpaired) electrons. The second-order valence-electron chi connectivity index (χ2n) is 6.36. The van der Waals surface area contributed by atoms with Crippen LogP contribution in [0.1, 0.15) is 38.2 Å². The standard InChI is InChI=1S/C17H25NS/c1-12(17-10-14-3-6-15(17)9-14)18-11-13-4-7-16(19-2)8-5-13/h4-5,7-8,12,14-15,17-18H,3,6,9-11H2,1-2H3/t12-,14-,15-,17+/m1/s1. The molecule has 2 aliphatic carbocycles. The molecule has 104 valence electrons. The van der Waals surface area contributed by atoms with Crippen LogP contribution >= 0.6 is 11.8 Å². The Kier molecular flexibility index (Phi) is 4.18. The molecular weight excluding hydrogens is 250 g/mol. The third kappa shape index (κ3) is 3.00. The zero-order valence-corrected chi connectivity index (χ0v) is 12.9. The van der Waals surface area contributed by atoms with Crippen molar-refractivity contribution in [3.05, 3.63) is 29.8 Å². The van der Waals surface area contributed by atoms with Gasteiger partial charge in [-0.1, -0.05) is 18.6 Å². The van der Waals surface area contributed by atoms with Gasteiger partial charge in [0.25, 0.3) is 0 Å². The lowest BCUT2D eigenvalue weighted by atomic mass is 9.84. The van der Waals surface area contributed by atoms with Crippen molar-refractivity contribution in [2.24, 2.45) is 17.8 Å². The SMILES string of the molecule is CSc1ccc(CN[C@H](C)[C@@H]2C[C@@H]3CC[C@@H]2C3)cc1. The van der Waals surface area contributed by atoms with Crippen LogP contribution in [-0.4, -0.2) is 12.3 Å². The summed E-state index contributed by atoms with van der Waals surface area (Å²) in [6.45, 7) is 3.41. The second-order valence-corrected chi connectivity index (χ2v) is 7.24. The van der Waals surface area contributed by atoms with Gasteiger partial charge in [0.1, 0.15) is 0 Å². The van der Waals surface area contributed by atoms with Gasteiger partial charge < -0.3 is 5.32 Å². The second kappa shape index (κ2) is 5.88. The van der Waals surface area contributed by atoms with E-state index in [9.17, 15) is 0 Å². The number of thioether (sulfide) groups is 1. The molecule has 2 bridgehead atoms. The molecule has 19 heavy (non-hydrogen) atoms. The quantitative estimate of drug-likeness (QED) is 0.803. The van der Waals surface area contributed by atoms with Gasteiger partial charge in [-0.3, -0.25) is 0 Å². The monoisotopic (exact) mass is 275 g/mol. The highest BCUT2D eigenvalue weighted by Crippen LogP contribution is 2.49. The number of hydrogen-bond acceptors (Lipinski definition) is 2. The van der Waals surface area contributed by atoms with Crippen LogP contribution in [0.25, 0.3) is 0 Å². The first-order valence-electron chi connectivity index (χ1n) is 7.62. The van der Waals surface area contributed by atoms with Crippen LogP contribution in [-0.2, 0) is 6.54 Å². The highest BCUT2D eigenvalue weighted by Gasteiger charge is 2.41. The minimum Gasteiger partial charge on any atom is -0.310 e. The van der Waals surface area contributed by atoms with Crippen molar-refractivity contribution in [3.8, 4) is 0 Å². The smallest absolute Gasteiger partial charge is 0.0208 e. The topological polar surface area (TPSA) is 12.0 Å². The van der Waals surface area contributed by atoms with Crippen LogP contribution in [0.3, 0.4) is 0 Å². The first-order chi connectivity index (χ1) is 9.26. The molecular formula is C17H25NS. The van der Waals surface area contributed by atoms with Gasteiger partial charge in [-0.2, -0.15) is 0 Å². The van der Waals surface area contributed by atoms with Crippen molar-refractivity contribution < 1.29 is 0 Å². The number of hydrogen-bond donors (Lipinski definition) is 1. The van der Waals surface area contributed by atoms with E-state index in [0.29, 0.717) is 6.04 Å². The van der Waals surface area contributed by atoms with E-state index in [-0.39, 0.29) is 0 Å². The van der Waals surface area contributed by atoms with Gasteiger partial charge in [0, 0.05) is 17.5 Å². The van der Waals surface area contributed by atoms with Crippen molar-refractivity contribution in [2.45, 2.75) is 50.1 Å². The van der Waals surface area contributed by atoms with E-state index in [1.807, 2.05) is 11.8 Å². The van der Waals surface area contributed by atoms with Crippen LogP contribution in [0.5, 0.6) is 0 Å². The first-order valence-corrected chi connectivity index (χ1v) is 8.85. The maximum absolute atomic E-state index is 3.76. The summed E-state index contributed by atoms with van der Waals surface area (Å²) in [5, 5.41) is 3.76. The molecule has 0 aliphatic heterocycles. The van der Waals surface area contributed by atoms with Gasteiger partial charge in [0.05, 0.1) is 0 Å². The van der Waals surface area contributed by atoms with E-state index in [0.717, 1.165) is 24.3 Å². The van der Waals surface area contributed by atoms with Crippen molar-refractivity contribution in [1.82, 2.24) is 5.32 Å². The highest BCUT2D eigenvalue weighted by atomic mass is 32.2. The molecule has 0 unspecified atom stereocenters. The predicted molar refractivity (Wildman–Crippen MR) is 83.5 cm³/mol. The number of nitrogens with one attached hydrogen (secondary N) is 1. The van der Waals surface area contributed by atoms with E-state index in [1.165, 1.54) is 36.1 Å². The Morgan fingerprint density at radius 2 is 2.00 bits per heavy atom. The maximum Gasteiger partial charge on any atom is 0.0208 e. The maximum atomic E-state index is 3.76. The third-order valence-corrected chi connectivity index (χ3v) is 5.97. The van der Waals surface area contributed by atoms with Gasteiger partial charge in [0.2, 0.25) is 0 Å². The summed E-state index contributed by atoms with van der Waals surface area (Å²) in [5.74, 6) is 3.01. The fourth-order valence-corrected chi connectivity index (χ4v) is 4.49. The molecule has 1 aromatic rings. The summed E-state index contributed by atoms with van der Waals surface area (Å²) in [6, 6.07) is 9.64. The zero-order chi connectivity index (χ0) is 13.2. The van der Waals surface area contributed by atoms with Crippen molar-refractivity contribution in [2.75, 3.05) is 6.26 Å². The number of benzene rings is 1. The molecule has 2 aliphatic rings. The number of fused-ring (bicyclic) bond motifs is 2. The Morgan fingerprint density at radius 3 is 2.58 bits per heavy atom. The molecule has 0 saturated heterocycles. The van der Waals surface area contributed by atoms with Crippen LogP contribution in [0.2, 0.25) is 0 Å². The van der Waals surface area contributed by atoms with Gasteiger partial charge in [0.15, 0.2) is 0 Å². The lowest BCUT2D eigenvalue weighted by molar-refractivity contribution is 0.259. The normalized spacial score (nSPS) is 30.7. The molecule has 0 spiro atoms. The Hall–Kier alpha value is -0.470. The van der Waals surface area contributed by atoms with Crippen LogP contribution in [0.15, 0.2) is 29.2 Å². The molecule has 2 saturated carbocycles. The molecule has 0 amide bonds. The highest BCUT2D eigenvalue weighted by molar-refractivity contribution is 7.98. The molecule has 1 nitrogen and oxygen atoms in total. The lowest BCUT2D eigenvalue weighted by Crippen LogP contribution is -2.35. The summed E-state index contributed by atoms with van der Waals surface area (Å²) in [4.78, 5) is 1.35. The molecule has 4 atom stereocenters. The lowest BCUT2D eigenvalue weighted by Gasteiger charge is -2.28. The summed E-state index contributed by atoms with van der Waals surface area (Å²) < 4.78 is 0. The Morgan fingerprint density at radius 1 is 1.21 bits per heavy atom. The van der Waals surface area contributed by atoms with Gasteiger partial charge >= 0.3 is 0 Å². The molecule has 2 fully saturated rings. The van der Waals surface area contributed by atoms with Gasteiger partial charge in [-0.15, -0.1) is 11.8 Å². The van der Waals surface area contributed by atoms with Gasteiger partial charge in [-0.05, 0) is 67.9 Å². The van der Waals surface area contributed by atoms with E-state index < -0.39 is 0 Å². The first kappa shape index (κ1) is 13.5. The Bertz CT molecular complexity index is 414. The predicted octanol–water partition coefficient (Wildman–Crippen LogP) is 4.32. The van der Waals surface area contributed by atoms with E-state index in [4.69, 9.17) is 0 Å². The average Bonchev–Trinajstić information content (AvgIpc) is 3.08. The fourth-order valence-electron chi connectivity index (χ4n) is 4.08. The van der Waals surface area contributed by atoms with E-state index in [2.05, 4.69) is 42.8 Å². The minimum absolute atomic E-state index is 0.676. The van der Waals surface area contributed by atoms with Crippen LogP contribution in [0, 0.1) is 17.8 Å². The molecule has 1 N–H and O–H groups in total. The molecule has 2 heteroatoms. The minimum atomic E-state index is 0.676. The molecule has 3 rings (SSSR count). The third-order valence-electron chi connectivity index (χ3n) is 5.22. The largest absolute Gasteiger partial charge is 0.310 e. The number of rotatable bonds is 5. The molecule has 0 heterocycles. The van der Waals surface area contributed by atoms with E-state index >= 15 is 0 Å². The Balaban J connectivity index is 1.51. The van der Waals surface area contributed by atoms with Crippen LogP contribution in [0.4, 0.5) is 0 Å². The summed E-state index contributed by atoms with van der Waals surface area (Å²) in [7, 11) is 0. The molecule has 1 aromatic carbocycles. The summed E-state index contributed by atoms with van der Waals surface area (Å²) in [5.41, 5.74) is 1.41. The van der Waals surface area contributed by atoms with E-state index in [1.54, 1.807) is 0 Å². The van der Waals surface area contributed by atoms with Gasteiger partial charge in [-0.25, -0.2) is 0 Å². The van der Waals surface area contributed by atoms with Crippen LogP contribution < -0.4 is 5.32 Å². The summed E-state index contributed by atoms with van der Waals surface area (Å²) in [6.07, 6.45) is 8.11. The van der Waals surface area contributed by atoms with Crippen molar-refractivity contribution in [3.63, 3.8) is 0 Å². The average molecular weight is 275 g/mol. The van der Waals surface area contributed by atoms with Crippen molar-refractivity contribution >= 4 is 11.8 Å². The summed E-state index contributed by atoms with van der Waals surface area (Å²) >= 11 is 1.81.